The standard InChI is InChI=1S/C17H18O3/c1-17(2,12-18)20-15-10-8-14(9-11-15)16(19)13-6-4-3-5-7-13/h3-11,18H,12H2,1-2H3. The fourth-order valence-corrected chi connectivity index (χ4v) is 1.78. The van der Waals surface area contributed by atoms with Crippen molar-refractivity contribution in [3.05, 3.63) is 65.7 Å². The quantitative estimate of drug-likeness (QED) is 0.849. The van der Waals surface area contributed by atoms with E-state index in [-0.39, 0.29) is 12.4 Å². The number of ether oxygens (including phenoxy) is 1. The molecule has 0 aliphatic rings. The molecule has 1 N–H and O–H groups in total. The first-order valence-electron chi connectivity index (χ1n) is 6.51. The van der Waals surface area contributed by atoms with Crippen LogP contribution < -0.4 is 4.74 Å². The fourth-order valence-electron chi connectivity index (χ4n) is 1.78. The number of rotatable bonds is 5. The van der Waals surface area contributed by atoms with Crippen molar-refractivity contribution in [3.63, 3.8) is 0 Å². The van der Waals surface area contributed by atoms with Gasteiger partial charge in [0.1, 0.15) is 11.4 Å². The van der Waals surface area contributed by atoms with Gasteiger partial charge in [0.15, 0.2) is 5.78 Å². The van der Waals surface area contributed by atoms with E-state index in [0.717, 1.165) is 0 Å². The molecule has 0 heterocycles. The lowest BCUT2D eigenvalue weighted by Gasteiger charge is -2.23. The summed E-state index contributed by atoms with van der Waals surface area (Å²) in [5, 5.41) is 9.17. The molecule has 104 valence electrons. The topological polar surface area (TPSA) is 46.5 Å². The summed E-state index contributed by atoms with van der Waals surface area (Å²) >= 11 is 0. The van der Waals surface area contributed by atoms with Crippen molar-refractivity contribution in [3.8, 4) is 5.75 Å². The minimum atomic E-state index is -0.634. The molecule has 0 saturated carbocycles. The van der Waals surface area contributed by atoms with Crippen molar-refractivity contribution in [2.24, 2.45) is 0 Å². The number of aliphatic hydroxyl groups is 1. The van der Waals surface area contributed by atoms with E-state index in [1.165, 1.54) is 0 Å². The molecule has 0 fully saturated rings. The summed E-state index contributed by atoms with van der Waals surface area (Å²) in [5.41, 5.74) is 0.646. The Kier molecular flexibility index (Phi) is 4.20. The van der Waals surface area contributed by atoms with Crippen LogP contribution in [0.3, 0.4) is 0 Å². The van der Waals surface area contributed by atoms with Gasteiger partial charge in [0.25, 0.3) is 0 Å². The average molecular weight is 270 g/mol. The Labute approximate surface area is 118 Å². The van der Waals surface area contributed by atoms with Crippen molar-refractivity contribution in [2.75, 3.05) is 6.61 Å². The summed E-state index contributed by atoms with van der Waals surface area (Å²) in [6.45, 7) is 3.53. The molecule has 0 amide bonds. The summed E-state index contributed by atoms with van der Waals surface area (Å²) in [6.07, 6.45) is 0. The Bertz CT molecular complexity index is 571. The van der Waals surface area contributed by atoms with Crippen LogP contribution in [0.25, 0.3) is 0 Å². The Hall–Kier alpha value is -2.13. The third-order valence-corrected chi connectivity index (χ3v) is 2.93. The molecule has 0 radical (unpaired) electrons. The first kappa shape index (κ1) is 14.3. The van der Waals surface area contributed by atoms with Crippen molar-refractivity contribution in [1.29, 1.82) is 0 Å². The van der Waals surface area contributed by atoms with Gasteiger partial charge in [-0.1, -0.05) is 30.3 Å². The zero-order chi connectivity index (χ0) is 14.6. The van der Waals surface area contributed by atoms with Crippen LogP contribution in [0.2, 0.25) is 0 Å². The van der Waals surface area contributed by atoms with Gasteiger partial charge in [-0.15, -0.1) is 0 Å². The highest BCUT2D eigenvalue weighted by molar-refractivity contribution is 6.08. The van der Waals surface area contributed by atoms with Gasteiger partial charge >= 0.3 is 0 Å². The second-order valence-electron chi connectivity index (χ2n) is 5.24. The Balaban J connectivity index is 2.15. The molecule has 20 heavy (non-hydrogen) atoms. The monoisotopic (exact) mass is 270 g/mol. The van der Waals surface area contributed by atoms with E-state index < -0.39 is 5.60 Å². The predicted molar refractivity (Wildman–Crippen MR) is 78.1 cm³/mol. The van der Waals surface area contributed by atoms with Gasteiger partial charge in [-0.2, -0.15) is 0 Å². The number of carbonyl (C=O) groups is 1. The maximum Gasteiger partial charge on any atom is 0.193 e. The highest BCUT2D eigenvalue weighted by Crippen LogP contribution is 2.20. The maximum atomic E-state index is 12.2. The molecule has 2 rings (SSSR count). The van der Waals surface area contributed by atoms with Crippen LogP contribution in [0.15, 0.2) is 54.6 Å². The normalized spacial score (nSPS) is 11.2. The fraction of sp³-hybridized carbons (Fsp3) is 0.235. The van der Waals surface area contributed by atoms with E-state index in [1.807, 2.05) is 18.2 Å². The average Bonchev–Trinajstić information content (AvgIpc) is 2.48. The molecule has 3 nitrogen and oxygen atoms in total. The Morgan fingerprint density at radius 3 is 2.10 bits per heavy atom. The highest BCUT2D eigenvalue weighted by Gasteiger charge is 2.18. The molecule has 0 bridgehead atoms. The maximum absolute atomic E-state index is 12.2. The molecule has 0 atom stereocenters. The molecule has 2 aromatic carbocycles. The smallest absolute Gasteiger partial charge is 0.193 e. The lowest BCUT2D eigenvalue weighted by atomic mass is 10.0. The minimum Gasteiger partial charge on any atom is -0.485 e. The summed E-state index contributed by atoms with van der Waals surface area (Å²) in [6, 6.07) is 16.1. The number of hydrogen-bond acceptors (Lipinski definition) is 3. The van der Waals surface area contributed by atoms with Crippen LogP contribution >= 0.6 is 0 Å². The molecular weight excluding hydrogens is 252 g/mol. The second kappa shape index (κ2) is 5.88. The largest absolute Gasteiger partial charge is 0.485 e. The summed E-state index contributed by atoms with van der Waals surface area (Å²) < 4.78 is 5.63. The van der Waals surface area contributed by atoms with E-state index in [0.29, 0.717) is 16.9 Å². The molecule has 0 aromatic heterocycles. The second-order valence-corrected chi connectivity index (χ2v) is 5.24. The summed E-state index contributed by atoms with van der Waals surface area (Å²) in [5.74, 6) is 0.618. The number of ketones is 1. The van der Waals surface area contributed by atoms with Crippen LogP contribution in [0.5, 0.6) is 5.75 Å². The van der Waals surface area contributed by atoms with Crippen LogP contribution in [-0.2, 0) is 0 Å². The van der Waals surface area contributed by atoms with Crippen molar-refractivity contribution >= 4 is 5.78 Å². The lowest BCUT2D eigenvalue weighted by Crippen LogP contribution is -2.32. The zero-order valence-electron chi connectivity index (χ0n) is 11.7. The molecule has 0 aliphatic heterocycles. The number of hydrogen-bond donors (Lipinski definition) is 1. The summed E-state index contributed by atoms with van der Waals surface area (Å²) in [7, 11) is 0. The molecule has 0 unspecified atom stereocenters. The zero-order valence-corrected chi connectivity index (χ0v) is 11.7. The third-order valence-electron chi connectivity index (χ3n) is 2.93. The van der Waals surface area contributed by atoms with E-state index in [2.05, 4.69) is 0 Å². The summed E-state index contributed by atoms with van der Waals surface area (Å²) in [4.78, 5) is 12.2. The van der Waals surface area contributed by atoms with Crippen molar-refractivity contribution < 1.29 is 14.6 Å². The molecule has 3 heteroatoms. The van der Waals surface area contributed by atoms with Gasteiger partial charge in [0.2, 0.25) is 0 Å². The first-order chi connectivity index (χ1) is 9.52. The van der Waals surface area contributed by atoms with E-state index in [9.17, 15) is 4.79 Å². The Morgan fingerprint density at radius 1 is 1.00 bits per heavy atom. The van der Waals surface area contributed by atoms with Gasteiger partial charge in [0.05, 0.1) is 6.61 Å². The van der Waals surface area contributed by atoms with Crippen molar-refractivity contribution in [2.45, 2.75) is 19.4 Å². The number of carbonyl (C=O) groups excluding carboxylic acids is 1. The lowest BCUT2D eigenvalue weighted by molar-refractivity contribution is 0.0412. The van der Waals surface area contributed by atoms with Gasteiger partial charge < -0.3 is 9.84 Å². The molecule has 0 saturated heterocycles. The van der Waals surface area contributed by atoms with Crippen LogP contribution in [0.1, 0.15) is 29.8 Å². The van der Waals surface area contributed by atoms with Gasteiger partial charge in [0, 0.05) is 11.1 Å². The van der Waals surface area contributed by atoms with Crippen molar-refractivity contribution in [1.82, 2.24) is 0 Å². The van der Waals surface area contributed by atoms with E-state index >= 15 is 0 Å². The van der Waals surface area contributed by atoms with Crippen LogP contribution in [0, 0.1) is 0 Å². The first-order valence-corrected chi connectivity index (χ1v) is 6.51. The Morgan fingerprint density at radius 2 is 1.55 bits per heavy atom. The van der Waals surface area contributed by atoms with E-state index in [4.69, 9.17) is 9.84 Å². The third kappa shape index (κ3) is 3.45. The SMILES string of the molecule is CC(C)(CO)Oc1ccc(C(=O)c2ccccc2)cc1. The van der Waals surface area contributed by atoms with E-state index in [1.54, 1.807) is 50.2 Å². The molecule has 2 aromatic rings. The van der Waals surface area contributed by atoms with Gasteiger partial charge in [-0.25, -0.2) is 0 Å². The van der Waals surface area contributed by atoms with Crippen LogP contribution in [-0.4, -0.2) is 23.1 Å². The van der Waals surface area contributed by atoms with Gasteiger partial charge in [-0.05, 0) is 38.1 Å². The van der Waals surface area contributed by atoms with Crippen LogP contribution in [0.4, 0.5) is 0 Å². The number of benzene rings is 2. The predicted octanol–water partition coefficient (Wildman–Crippen LogP) is 3.07. The minimum absolute atomic E-state index is 0.0152. The molecule has 0 spiro atoms. The highest BCUT2D eigenvalue weighted by atomic mass is 16.5. The van der Waals surface area contributed by atoms with Gasteiger partial charge in [-0.3, -0.25) is 4.79 Å². The number of aliphatic hydroxyl groups excluding tert-OH is 1. The molecule has 0 aliphatic carbocycles. The molecular formula is C17H18O3.